The minimum atomic E-state index is -4.23. The first-order valence-corrected chi connectivity index (χ1v) is 14.4. The van der Waals surface area contributed by atoms with E-state index in [1.807, 2.05) is 25.1 Å². The second-order valence-corrected chi connectivity index (χ2v) is 11.2. The molecule has 41 heavy (non-hydrogen) atoms. The first kappa shape index (κ1) is 27.6. The van der Waals surface area contributed by atoms with Crippen molar-refractivity contribution in [3.05, 3.63) is 102 Å². The molecule has 0 bridgehead atoms. The number of aryl methyl sites for hydroxylation is 1. The minimum absolute atomic E-state index is 0.00972. The van der Waals surface area contributed by atoms with E-state index in [9.17, 15) is 13.2 Å². The number of aromatic nitrogens is 2. The first-order chi connectivity index (χ1) is 19.8. The van der Waals surface area contributed by atoms with E-state index in [0.29, 0.717) is 28.5 Å². The normalized spacial score (nSPS) is 11.2. The van der Waals surface area contributed by atoms with Crippen molar-refractivity contribution in [1.82, 2.24) is 9.97 Å². The monoisotopic (exact) mass is 565 g/mol. The van der Waals surface area contributed by atoms with Crippen LogP contribution in [0.5, 0.6) is 0 Å². The molecule has 0 atom stereocenters. The number of esters is 1. The molecule has 2 heterocycles. The molecule has 10 heteroatoms. The van der Waals surface area contributed by atoms with Gasteiger partial charge >= 0.3 is 5.97 Å². The SMILES string of the molecule is CCOC(=O)CN(c1ccc2c(C)cc(CNc3ccc(C#N)cc3)nc2c1)S(=O)(=O)c1cccc2cccnc12. The highest BCUT2D eigenvalue weighted by Crippen LogP contribution is 2.31. The maximum absolute atomic E-state index is 14.1. The van der Waals surface area contributed by atoms with E-state index in [2.05, 4.69) is 16.4 Å². The van der Waals surface area contributed by atoms with Gasteiger partial charge in [-0.3, -0.25) is 19.1 Å². The maximum atomic E-state index is 14.1. The molecule has 0 spiro atoms. The summed E-state index contributed by atoms with van der Waals surface area (Å²) in [6.07, 6.45) is 1.53. The highest BCUT2D eigenvalue weighted by molar-refractivity contribution is 7.93. The number of rotatable bonds is 9. The molecule has 5 aromatic rings. The average molecular weight is 566 g/mol. The molecule has 0 fully saturated rings. The third-order valence-electron chi connectivity index (χ3n) is 6.57. The number of nitriles is 1. The zero-order valence-corrected chi connectivity index (χ0v) is 23.4. The molecule has 0 aliphatic carbocycles. The molecule has 1 N–H and O–H groups in total. The number of benzene rings is 3. The Morgan fingerprint density at radius 1 is 1.05 bits per heavy atom. The number of nitrogens with one attached hydrogen (secondary N) is 1. The van der Waals surface area contributed by atoms with Gasteiger partial charge in [-0.25, -0.2) is 8.42 Å². The molecule has 5 rings (SSSR count). The Labute approximate surface area is 238 Å². The number of para-hydroxylation sites is 1. The van der Waals surface area contributed by atoms with Crippen molar-refractivity contribution in [3.63, 3.8) is 0 Å². The maximum Gasteiger partial charge on any atom is 0.326 e. The number of sulfonamides is 1. The fraction of sp³-hybridized carbons (Fsp3) is 0.161. The summed E-state index contributed by atoms with van der Waals surface area (Å²) < 4.78 is 34.4. The molecule has 3 aromatic carbocycles. The Morgan fingerprint density at radius 2 is 1.83 bits per heavy atom. The molecule has 0 aliphatic rings. The second-order valence-electron chi connectivity index (χ2n) is 9.32. The summed E-state index contributed by atoms with van der Waals surface area (Å²) >= 11 is 0. The van der Waals surface area contributed by atoms with Gasteiger partial charge in [-0.1, -0.05) is 24.3 Å². The fourth-order valence-corrected chi connectivity index (χ4v) is 6.17. The van der Waals surface area contributed by atoms with Gasteiger partial charge < -0.3 is 10.1 Å². The van der Waals surface area contributed by atoms with E-state index in [4.69, 9.17) is 15.0 Å². The zero-order valence-electron chi connectivity index (χ0n) is 22.5. The molecular formula is C31H27N5O4S. The van der Waals surface area contributed by atoms with Gasteiger partial charge in [-0.15, -0.1) is 0 Å². The van der Waals surface area contributed by atoms with Gasteiger partial charge in [0, 0.05) is 22.7 Å². The van der Waals surface area contributed by atoms with Crippen molar-refractivity contribution in [2.24, 2.45) is 0 Å². The number of carbonyl (C=O) groups is 1. The van der Waals surface area contributed by atoms with Crippen LogP contribution in [0.25, 0.3) is 21.8 Å². The lowest BCUT2D eigenvalue weighted by molar-refractivity contribution is -0.141. The summed E-state index contributed by atoms with van der Waals surface area (Å²) in [5, 5.41) is 13.8. The van der Waals surface area contributed by atoms with E-state index in [0.717, 1.165) is 26.6 Å². The van der Waals surface area contributed by atoms with E-state index in [1.54, 1.807) is 61.5 Å². The smallest absolute Gasteiger partial charge is 0.326 e. The lowest BCUT2D eigenvalue weighted by Crippen LogP contribution is -2.36. The van der Waals surface area contributed by atoms with Crippen LogP contribution in [-0.2, 0) is 26.1 Å². The lowest BCUT2D eigenvalue weighted by atomic mass is 10.1. The largest absolute Gasteiger partial charge is 0.465 e. The van der Waals surface area contributed by atoms with Crippen molar-refractivity contribution in [1.29, 1.82) is 5.26 Å². The van der Waals surface area contributed by atoms with E-state index < -0.39 is 22.5 Å². The van der Waals surface area contributed by atoms with Crippen molar-refractivity contribution in [2.45, 2.75) is 25.3 Å². The standard InChI is InChI=1S/C31H27N5O4S/c1-3-40-30(37)20-36(41(38,39)29-8-4-6-23-7-5-15-33-31(23)29)26-13-14-27-21(2)16-25(35-28(27)17-26)19-34-24-11-9-22(18-32)10-12-24/h4-17,34H,3,19-20H2,1-2H3. The van der Waals surface area contributed by atoms with Gasteiger partial charge in [0.15, 0.2) is 0 Å². The van der Waals surface area contributed by atoms with E-state index in [-0.39, 0.29) is 17.2 Å². The molecule has 2 aromatic heterocycles. The van der Waals surface area contributed by atoms with Crippen LogP contribution in [0.15, 0.2) is 90.0 Å². The minimum Gasteiger partial charge on any atom is -0.465 e. The zero-order chi connectivity index (χ0) is 29.0. The van der Waals surface area contributed by atoms with Gasteiger partial charge in [-0.2, -0.15) is 5.26 Å². The van der Waals surface area contributed by atoms with Crippen LogP contribution >= 0.6 is 0 Å². The van der Waals surface area contributed by atoms with Crippen LogP contribution in [0.3, 0.4) is 0 Å². The highest BCUT2D eigenvalue weighted by atomic mass is 32.2. The van der Waals surface area contributed by atoms with Crippen molar-refractivity contribution in [2.75, 3.05) is 22.8 Å². The van der Waals surface area contributed by atoms with E-state index >= 15 is 0 Å². The number of fused-ring (bicyclic) bond motifs is 2. The Hall–Kier alpha value is -5.01. The molecule has 0 unspecified atom stereocenters. The van der Waals surface area contributed by atoms with Gasteiger partial charge in [0.25, 0.3) is 10.0 Å². The summed E-state index contributed by atoms with van der Waals surface area (Å²) in [7, 11) is -4.23. The third kappa shape index (κ3) is 5.81. The van der Waals surface area contributed by atoms with Crippen LogP contribution in [0.2, 0.25) is 0 Å². The molecular weight excluding hydrogens is 538 g/mol. The van der Waals surface area contributed by atoms with Crippen molar-refractivity contribution < 1.29 is 17.9 Å². The topological polar surface area (TPSA) is 125 Å². The average Bonchev–Trinajstić information content (AvgIpc) is 2.98. The van der Waals surface area contributed by atoms with Crippen LogP contribution in [-0.4, -0.2) is 37.5 Å². The number of hydrogen-bond acceptors (Lipinski definition) is 8. The molecule has 0 saturated carbocycles. The summed E-state index contributed by atoms with van der Waals surface area (Å²) in [5.74, 6) is -0.672. The highest BCUT2D eigenvalue weighted by Gasteiger charge is 2.30. The second kappa shape index (κ2) is 11.6. The van der Waals surface area contributed by atoms with Gasteiger partial charge in [0.2, 0.25) is 0 Å². The predicted octanol–water partition coefficient (Wildman–Crippen LogP) is 5.33. The lowest BCUT2D eigenvalue weighted by Gasteiger charge is -2.24. The number of ether oxygens (including phenoxy) is 1. The Bertz CT molecular complexity index is 1900. The first-order valence-electron chi connectivity index (χ1n) is 13.0. The summed E-state index contributed by atoms with van der Waals surface area (Å²) in [6.45, 7) is 3.66. The fourth-order valence-electron chi connectivity index (χ4n) is 4.60. The van der Waals surface area contributed by atoms with Crippen molar-refractivity contribution in [3.8, 4) is 6.07 Å². The van der Waals surface area contributed by atoms with E-state index in [1.165, 1.54) is 12.3 Å². The van der Waals surface area contributed by atoms with Crippen LogP contribution in [0.1, 0.15) is 23.7 Å². The molecule has 0 amide bonds. The molecule has 0 saturated heterocycles. The summed E-state index contributed by atoms with van der Waals surface area (Å²) in [4.78, 5) is 21.7. The van der Waals surface area contributed by atoms with Crippen molar-refractivity contribution >= 4 is 49.2 Å². The Kier molecular flexibility index (Phi) is 7.81. The number of pyridine rings is 2. The Balaban J connectivity index is 1.54. The third-order valence-corrected chi connectivity index (χ3v) is 8.38. The molecule has 0 radical (unpaired) electrons. The Morgan fingerprint density at radius 3 is 2.59 bits per heavy atom. The molecule has 206 valence electrons. The quantitative estimate of drug-likeness (QED) is 0.238. The van der Waals surface area contributed by atoms with Gasteiger partial charge in [0.05, 0.1) is 47.2 Å². The molecule has 0 aliphatic heterocycles. The number of anilines is 2. The van der Waals surface area contributed by atoms with Gasteiger partial charge in [0.1, 0.15) is 11.4 Å². The van der Waals surface area contributed by atoms with Gasteiger partial charge in [-0.05, 0) is 74.0 Å². The van der Waals surface area contributed by atoms with Crippen LogP contribution < -0.4 is 9.62 Å². The number of carbonyl (C=O) groups excluding carboxylic acids is 1. The number of hydrogen-bond donors (Lipinski definition) is 1. The summed E-state index contributed by atoms with van der Waals surface area (Å²) in [5.41, 5.74) is 4.31. The molecule has 9 nitrogen and oxygen atoms in total. The predicted molar refractivity (Wildman–Crippen MR) is 158 cm³/mol. The van der Waals surface area contributed by atoms with Crippen LogP contribution in [0, 0.1) is 18.3 Å². The van der Waals surface area contributed by atoms with Crippen LogP contribution in [0.4, 0.5) is 11.4 Å². The number of nitrogens with zero attached hydrogens (tertiary/aromatic N) is 4. The summed E-state index contributed by atoms with van der Waals surface area (Å²) in [6, 6.07) is 24.8.